The molecule has 1 aromatic heterocycles. The largest absolute Gasteiger partial charge is 0.492 e. The fourth-order valence-corrected chi connectivity index (χ4v) is 4.96. The first-order valence-corrected chi connectivity index (χ1v) is 11.3. The van der Waals surface area contributed by atoms with Crippen LogP contribution in [-0.2, 0) is 5.54 Å². The number of urea groups is 1. The van der Waals surface area contributed by atoms with Gasteiger partial charge in [-0.3, -0.25) is 4.79 Å². The van der Waals surface area contributed by atoms with Gasteiger partial charge in [0.2, 0.25) is 0 Å². The first-order chi connectivity index (χ1) is 15.9. The predicted molar refractivity (Wildman–Crippen MR) is 122 cm³/mol. The van der Waals surface area contributed by atoms with Crippen LogP contribution < -0.4 is 20.7 Å². The number of fused-ring (bicyclic) bond motifs is 4. The van der Waals surface area contributed by atoms with Gasteiger partial charge in [-0.05, 0) is 61.7 Å². The zero-order chi connectivity index (χ0) is 23.0. The molecule has 33 heavy (non-hydrogen) atoms. The highest BCUT2D eigenvalue weighted by Gasteiger charge is 2.43. The lowest BCUT2D eigenvalue weighted by Gasteiger charge is -2.43. The molecule has 1 saturated carbocycles. The summed E-state index contributed by atoms with van der Waals surface area (Å²) in [5.41, 5.74) is 2.82. The van der Waals surface area contributed by atoms with Gasteiger partial charge in [0.15, 0.2) is 5.76 Å². The van der Waals surface area contributed by atoms with Crippen LogP contribution in [0.3, 0.4) is 0 Å². The lowest BCUT2D eigenvalue weighted by Crippen LogP contribution is -2.52. The number of hydrogen-bond acceptors (Lipinski definition) is 4. The normalized spacial score (nSPS) is 16.7. The van der Waals surface area contributed by atoms with Crippen LogP contribution in [0.5, 0.6) is 5.75 Å². The molecule has 0 radical (unpaired) electrons. The van der Waals surface area contributed by atoms with E-state index in [1.54, 1.807) is 6.07 Å². The van der Waals surface area contributed by atoms with Crippen molar-refractivity contribution in [1.82, 2.24) is 10.6 Å². The first kappa shape index (κ1) is 21.3. The Morgan fingerprint density at radius 3 is 2.70 bits per heavy atom. The summed E-state index contributed by atoms with van der Waals surface area (Å²) < 4.78 is 24.6. The highest BCUT2D eigenvalue weighted by molar-refractivity contribution is 6.03. The quantitative estimate of drug-likeness (QED) is 0.477. The van der Waals surface area contributed by atoms with Crippen molar-refractivity contribution in [2.45, 2.75) is 44.6 Å². The van der Waals surface area contributed by atoms with Gasteiger partial charge in [0.1, 0.15) is 23.8 Å². The van der Waals surface area contributed by atoms with E-state index in [0.717, 1.165) is 54.3 Å². The van der Waals surface area contributed by atoms with Gasteiger partial charge in [0, 0.05) is 10.9 Å². The van der Waals surface area contributed by atoms with Gasteiger partial charge in [-0.1, -0.05) is 19.3 Å². The van der Waals surface area contributed by atoms with E-state index in [2.05, 4.69) is 16.0 Å². The zero-order valence-electron chi connectivity index (χ0n) is 18.4. The van der Waals surface area contributed by atoms with Crippen LogP contribution in [0.15, 0.2) is 40.8 Å². The molecular formula is C25H26FN3O4. The number of anilines is 1. The summed E-state index contributed by atoms with van der Waals surface area (Å²) in [5.74, 6) is 0.0693. The number of halogens is 1. The third-order valence-electron chi connectivity index (χ3n) is 6.47. The second-order valence-electron chi connectivity index (χ2n) is 8.75. The number of nitrogens with one attached hydrogen (secondary N) is 3. The van der Waals surface area contributed by atoms with Gasteiger partial charge in [0.05, 0.1) is 17.8 Å². The Morgan fingerprint density at radius 2 is 1.94 bits per heavy atom. The Kier molecular flexibility index (Phi) is 5.44. The Balaban J connectivity index is 1.37. The summed E-state index contributed by atoms with van der Waals surface area (Å²) in [6.45, 7) is 2.47. The number of carbonyl (C=O) groups excluding carboxylic acids is 2. The maximum absolute atomic E-state index is 13.0. The summed E-state index contributed by atoms with van der Waals surface area (Å²) >= 11 is 0. The number of carbonyl (C=O) groups is 2. The van der Waals surface area contributed by atoms with Gasteiger partial charge in [0.25, 0.3) is 5.91 Å². The molecule has 1 aliphatic carbocycles. The Bertz CT molecular complexity index is 1210. The molecule has 1 spiro atoms. The van der Waals surface area contributed by atoms with E-state index < -0.39 is 5.54 Å². The van der Waals surface area contributed by atoms with Crippen molar-refractivity contribution in [3.63, 3.8) is 0 Å². The Labute approximate surface area is 190 Å². The van der Waals surface area contributed by atoms with Crippen LogP contribution in [0.25, 0.3) is 11.0 Å². The van der Waals surface area contributed by atoms with Gasteiger partial charge in [-0.15, -0.1) is 0 Å². The molecule has 1 aliphatic heterocycles. The first-order valence-electron chi connectivity index (χ1n) is 11.3. The lowest BCUT2D eigenvalue weighted by molar-refractivity contribution is 0.0921. The Hall–Kier alpha value is -3.55. The van der Waals surface area contributed by atoms with E-state index in [9.17, 15) is 14.0 Å². The molecule has 3 N–H and O–H groups in total. The molecule has 0 saturated heterocycles. The van der Waals surface area contributed by atoms with E-state index >= 15 is 0 Å². The molecule has 7 nitrogen and oxygen atoms in total. The van der Waals surface area contributed by atoms with E-state index in [-0.39, 0.29) is 36.7 Å². The second kappa shape index (κ2) is 8.42. The minimum Gasteiger partial charge on any atom is -0.492 e. The molecule has 2 heterocycles. The van der Waals surface area contributed by atoms with E-state index in [0.29, 0.717) is 11.3 Å². The predicted octanol–water partition coefficient (Wildman–Crippen LogP) is 4.98. The van der Waals surface area contributed by atoms with E-state index in [1.165, 1.54) is 24.3 Å². The minimum absolute atomic E-state index is 0.197. The number of furan rings is 1. The molecule has 0 unspecified atom stereocenters. The topological polar surface area (TPSA) is 92.6 Å². The molecule has 1 fully saturated rings. The van der Waals surface area contributed by atoms with Crippen molar-refractivity contribution in [2.75, 3.05) is 18.5 Å². The molecule has 2 aromatic carbocycles. The maximum atomic E-state index is 13.0. The van der Waals surface area contributed by atoms with Crippen LogP contribution in [0, 0.1) is 12.7 Å². The second-order valence-corrected chi connectivity index (χ2v) is 8.75. The molecule has 172 valence electrons. The van der Waals surface area contributed by atoms with Gasteiger partial charge >= 0.3 is 6.03 Å². The number of hydrogen-bond donors (Lipinski definition) is 3. The monoisotopic (exact) mass is 451 g/mol. The number of aryl methyl sites for hydroxylation is 1. The molecule has 2 aliphatic rings. The van der Waals surface area contributed by atoms with Crippen molar-refractivity contribution in [2.24, 2.45) is 0 Å². The summed E-state index contributed by atoms with van der Waals surface area (Å²) in [7, 11) is 0. The number of amides is 3. The fraction of sp³-hybridized carbons (Fsp3) is 0.360. The van der Waals surface area contributed by atoms with Gasteiger partial charge in [-0.25, -0.2) is 9.18 Å². The molecule has 3 aromatic rings. The average Bonchev–Trinajstić information content (AvgIpc) is 3.22. The van der Waals surface area contributed by atoms with E-state index in [1.807, 2.05) is 13.0 Å². The molecule has 0 atom stereocenters. The minimum atomic E-state index is -0.477. The summed E-state index contributed by atoms with van der Waals surface area (Å²) in [6, 6.07) is 9.20. The number of rotatable bonds is 5. The summed E-state index contributed by atoms with van der Waals surface area (Å²) in [6.07, 6.45) is 4.87. The standard InChI is InChI=1S/C25H26FN3O4/c1-15-13-16-14-19(23(30)27-11-12-32-18-7-5-17(26)6-8-18)33-22(16)20-21(15)28-24(31)29-25(20)9-3-2-4-10-25/h5-8,13-14H,2-4,9-12H2,1H3,(H,27,30)(H2,28,29,31). The average molecular weight is 451 g/mol. The highest BCUT2D eigenvalue weighted by Crippen LogP contribution is 2.47. The van der Waals surface area contributed by atoms with Crippen LogP contribution in [0.4, 0.5) is 14.9 Å². The van der Waals surface area contributed by atoms with Gasteiger partial charge < -0.3 is 25.1 Å². The van der Waals surface area contributed by atoms with Gasteiger partial charge in [-0.2, -0.15) is 0 Å². The zero-order valence-corrected chi connectivity index (χ0v) is 18.4. The molecule has 3 amide bonds. The number of benzene rings is 2. The fourth-order valence-electron chi connectivity index (χ4n) is 4.96. The van der Waals surface area contributed by atoms with Crippen LogP contribution >= 0.6 is 0 Å². The third kappa shape index (κ3) is 4.01. The van der Waals surface area contributed by atoms with Crippen molar-refractivity contribution >= 4 is 28.6 Å². The molecular weight excluding hydrogens is 425 g/mol. The van der Waals surface area contributed by atoms with E-state index in [4.69, 9.17) is 9.15 Å². The van der Waals surface area contributed by atoms with Crippen LogP contribution in [0.1, 0.15) is 53.8 Å². The smallest absolute Gasteiger partial charge is 0.319 e. The third-order valence-corrected chi connectivity index (χ3v) is 6.47. The maximum Gasteiger partial charge on any atom is 0.319 e. The SMILES string of the molecule is Cc1cc2cc(C(=O)NCCOc3ccc(F)cc3)oc2c2c1NC(=O)NC21CCCCC1. The van der Waals surface area contributed by atoms with Crippen molar-refractivity contribution < 1.29 is 23.1 Å². The molecule has 0 bridgehead atoms. The highest BCUT2D eigenvalue weighted by atomic mass is 19.1. The van der Waals surface area contributed by atoms with Crippen molar-refractivity contribution in [3.05, 3.63) is 59.1 Å². The van der Waals surface area contributed by atoms with Crippen molar-refractivity contribution in [3.8, 4) is 5.75 Å². The van der Waals surface area contributed by atoms with Crippen LogP contribution in [0.2, 0.25) is 0 Å². The van der Waals surface area contributed by atoms with Crippen LogP contribution in [-0.4, -0.2) is 25.1 Å². The Morgan fingerprint density at radius 1 is 1.18 bits per heavy atom. The molecule has 8 heteroatoms. The van der Waals surface area contributed by atoms with Crippen molar-refractivity contribution in [1.29, 1.82) is 0 Å². The molecule has 5 rings (SSSR count). The lowest BCUT2D eigenvalue weighted by atomic mass is 9.74. The number of ether oxygens (including phenoxy) is 1. The summed E-state index contributed by atoms with van der Waals surface area (Å²) in [5, 5.41) is 9.73. The summed E-state index contributed by atoms with van der Waals surface area (Å²) in [4.78, 5) is 25.2.